The van der Waals surface area contributed by atoms with Crippen LogP contribution >= 0.6 is 0 Å². The molecule has 0 spiro atoms. The highest BCUT2D eigenvalue weighted by molar-refractivity contribution is 5.64. The lowest BCUT2D eigenvalue weighted by Gasteiger charge is -2.27. The Labute approximate surface area is 148 Å². The van der Waals surface area contributed by atoms with Crippen molar-refractivity contribution in [1.82, 2.24) is 15.3 Å². The number of halogens is 3. The number of benzene rings is 1. The quantitative estimate of drug-likeness (QED) is 0.737. The van der Waals surface area contributed by atoms with E-state index in [1.807, 2.05) is 0 Å². The highest BCUT2D eigenvalue weighted by Crippen LogP contribution is 2.36. The minimum atomic E-state index is -4.37. The van der Waals surface area contributed by atoms with E-state index in [2.05, 4.69) is 15.3 Å². The zero-order valence-electron chi connectivity index (χ0n) is 14.0. The van der Waals surface area contributed by atoms with Gasteiger partial charge in [0.1, 0.15) is 5.82 Å². The third-order valence-electron chi connectivity index (χ3n) is 4.87. The number of hydrogen-bond donors (Lipinski definition) is 3. The zero-order valence-corrected chi connectivity index (χ0v) is 14.0. The summed E-state index contributed by atoms with van der Waals surface area (Å²) < 4.78 is 38.6. The van der Waals surface area contributed by atoms with Gasteiger partial charge in [0.15, 0.2) is 0 Å². The monoisotopic (exact) mass is 367 g/mol. The molecule has 1 aliphatic rings. The number of carboxylic acid groups (broad SMARTS) is 1. The highest BCUT2D eigenvalue weighted by Gasteiger charge is 2.30. The number of nitrogens with zero attached hydrogens (tertiary/aromatic N) is 1. The molecule has 1 amide bonds. The summed E-state index contributed by atoms with van der Waals surface area (Å²) in [6.07, 6.45) is -0.272. The Hall–Kier alpha value is -2.51. The van der Waals surface area contributed by atoms with Crippen molar-refractivity contribution >= 4 is 6.09 Å². The van der Waals surface area contributed by atoms with E-state index in [0.29, 0.717) is 23.7 Å². The van der Waals surface area contributed by atoms with Gasteiger partial charge in [0, 0.05) is 18.0 Å². The number of H-pyrrole nitrogens is 1. The van der Waals surface area contributed by atoms with Crippen LogP contribution in [0.1, 0.15) is 43.0 Å². The predicted octanol–water partition coefficient (Wildman–Crippen LogP) is 4.64. The van der Waals surface area contributed by atoms with Crippen molar-refractivity contribution in [2.45, 2.75) is 37.8 Å². The van der Waals surface area contributed by atoms with Gasteiger partial charge in [-0.25, -0.2) is 9.78 Å². The first-order valence-corrected chi connectivity index (χ1v) is 8.52. The lowest BCUT2D eigenvalue weighted by Crippen LogP contribution is -2.29. The maximum atomic E-state index is 12.9. The third-order valence-corrected chi connectivity index (χ3v) is 4.87. The molecule has 5 nitrogen and oxygen atoms in total. The first-order valence-electron chi connectivity index (χ1n) is 8.52. The maximum absolute atomic E-state index is 12.9. The Bertz CT molecular complexity index is 765. The number of amides is 1. The number of nitrogens with one attached hydrogen (secondary N) is 2. The smallest absolute Gasteiger partial charge is 0.416 e. The Morgan fingerprint density at radius 1 is 1.27 bits per heavy atom. The van der Waals surface area contributed by atoms with Gasteiger partial charge in [0.25, 0.3) is 0 Å². The maximum Gasteiger partial charge on any atom is 0.416 e. The Morgan fingerprint density at radius 2 is 2.00 bits per heavy atom. The third kappa shape index (κ3) is 4.36. The van der Waals surface area contributed by atoms with Crippen LogP contribution < -0.4 is 5.32 Å². The lowest BCUT2D eigenvalue weighted by molar-refractivity contribution is -0.137. The van der Waals surface area contributed by atoms with Gasteiger partial charge in [0.2, 0.25) is 0 Å². The molecule has 3 rings (SSSR count). The second-order valence-corrected chi connectivity index (χ2v) is 6.66. The molecule has 0 bridgehead atoms. The number of aromatic nitrogens is 2. The van der Waals surface area contributed by atoms with Gasteiger partial charge in [-0.2, -0.15) is 13.2 Å². The largest absolute Gasteiger partial charge is 0.465 e. The average Bonchev–Trinajstić information content (AvgIpc) is 3.10. The van der Waals surface area contributed by atoms with Gasteiger partial charge in [-0.1, -0.05) is 12.1 Å². The molecule has 1 heterocycles. The summed E-state index contributed by atoms with van der Waals surface area (Å²) in [5, 5.41) is 11.1. The van der Waals surface area contributed by atoms with Gasteiger partial charge in [-0.3, -0.25) is 0 Å². The van der Waals surface area contributed by atoms with Gasteiger partial charge in [0.05, 0.1) is 17.5 Å². The van der Waals surface area contributed by atoms with Crippen LogP contribution in [-0.4, -0.2) is 27.7 Å². The molecule has 1 aliphatic carbocycles. The fourth-order valence-corrected chi connectivity index (χ4v) is 3.43. The lowest BCUT2D eigenvalue weighted by atomic mass is 9.81. The number of aromatic amines is 1. The number of rotatable bonds is 4. The van der Waals surface area contributed by atoms with Crippen LogP contribution in [-0.2, 0) is 6.18 Å². The minimum Gasteiger partial charge on any atom is -0.465 e. The topological polar surface area (TPSA) is 78.0 Å². The van der Waals surface area contributed by atoms with Gasteiger partial charge in [-0.15, -0.1) is 0 Å². The van der Waals surface area contributed by atoms with E-state index in [1.54, 1.807) is 12.3 Å². The molecule has 0 saturated heterocycles. The molecular weight excluding hydrogens is 347 g/mol. The van der Waals surface area contributed by atoms with Crippen LogP contribution in [0.2, 0.25) is 0 Å². The SMILES string of the molecule is O=C(O)NCC1CCC(c2ncc(-c3cccc(C(F)(F)F)c3)[nH]2)CC1. The van der Waals surface area contributed by atoms with E-state index in [4.69, 9.17) is 5.11 Å². The molecule has 0 aliphatic heterocycles. The van der Waals surface area contributed by atoms with Crippen LogP contribution in [0, 0.1) is 5.92 Å². The van der Waals surface area contributed by atoms with Crippen molar-refractivity contribution in [3.63, 3.8) is 0 Å². The van der Waals surface area contributed by atoms with Crippen LogP contribution in [0.4, 0.5) is 18.0 Å². The predicted molar refractivity (Wildman–Crippen MR) is 89.8 cm³/mol. The van der Waals surface area contributed by atoms with E-state index in [9.17, 15) is 18.0 Å². The fraction of sp³-hybridized carbons (Fsp3) is 0.444. The van der Waals surface area contributed by atoms with Crippen LogP contribution in [0.25, 0.3) is 11.3 Å². The number of carbonyl (C=O) groups is 1. The van der Waals surface area contributed by atoms with Crippen molar-refractivity contribution in [3.05, 3.63) is 41.9 Å². The van der Waals surface area contributed by atoms with Gasteiger partial charge in [-0.05, 0) is 43.7 Å². The number of hydrogen-bond acceptors (Lipinski definition) is 2. The first kappa shape index (κ1) is 18.3. The molecule has 3 N–H and O–H groups in total. The fourth-order valence-electron chi connectivity index (χ4n) is 3.43. The molecule has 0 atom stereocenters. The second-order valence-electron chi connectivity index (χ2n) is 6.66. The van der Waals surface area contributed by atoms with Crippen LogP contribution in [0.3, 0.4) is 0 Å². The zero-order chi connectivity index (χ0) is 18.7. The number of alkyl halides is 3. The molecule has 26 heavy (non-hydrogen) atoms. The van der Waals surface area contributed by atoms with E-state index in [1.165, 1.54) is 6.07 Å². The summed E-state index contributed by atoms with van der Waals surface area (Å²) in [5.41, 5.74) is 0.344. The van der Waals surface area contributed by atoms with Gasteiger partial charge >= 0.3 is 12.3 Å². The van der Waals surface area contributed by atoms with Crippen molar-refractivity contribution in [2.75, 3.05) is 6.54 Å². The number of imidazole rings is 1. The molecule has 2 aromatic rings. The van der Waals surface area contributed by atoms with Crippen molar-refractivity contribution in [1.29, 1.82) is 0 Å². The molecule has 1 aromatic carbocycles. The summed E-state index contributed by atoms with van der Waals surface area (Å²) in [6.45, 7) is 0.454. The summed E-state index contributed by atoms with van der Waals surface area (Å²) in [4.78, 5) is 18.1. The van der Waals surface area contributed by atoms with E-state index in [0.717, 1.165) is 43.6 Å². The van der Waals surface area contributed by atoms with Crippen LogP contribution in [0.15, 0.2) is 30.5 Å². The molecule has 0 unspecified atom stereocenters. The minimum absolute atomic E-state index is 0.218. The molecule has 1 saturated carbocycles. The standard InChI is InChI=1S/C18H20F3N3O2/c19-18(20,21)14-3-1-2-13(8-14)15-10-22-16(24-15)12-6-4-11(5-7-12)9-23-17(25)26/h1-3,8,10-12,23H,4-7,9H2,(H,22,24)(H,25,26). The normalized spacial score (nSPS) is 20.7. The van der Waals surface area contributed by atoms with Crippen LogP contribution in [0.5, 0.6) is 0 Å². The summed E-state index contributed by atoms with van der Waals surface area (Å²) in [6, 6.07) is 5.18. The summed E-state index contributed by atoms with van der Waals surface area (Å²) in [7, 11) is 0. The Kier molecular flexibility index (Phi) is 5.20. The molecular formula is C18H20F3N3O2. The Balaban J connectivity index is 1.65. The van der Waals surface area contributed by atoms with E-state index in [-0.39, 0.29) is 5.92 Å². The first-order chi connectivity index (χ1) is 12.3. The highest BCUT2D eigenvalue weighted by atomic mass is 19.4. The molecule has 1 fully saturated rings. The van der Waals surface area contributed by atoms with Crippen molar-refractivity contribution < 1.29 is 23.1 Å². The van der Waals surface area contributed by atoms with E-state index < -0.39 is 17.8 Å². The summed E-state index contributed by atoms with van der Waals surface area (Å²) in [5.74, 6) is 1.32. The molecule has 140 valence electrons. The van der Waals surface area contributed by atoms with E-state index >= 15 is 0 Å². The molecule has 1 aromatic heterocycles. The Morgan fingerprint density at radius 3 is 2.65 bits per heavy atom. The second kappa shape index (κ2) is 7.39. The van der Waals surface area contributed by atoms with Crippen molar-refractivity contribution in [3.8, 4) is 11.3 Å². The molecule has 8 heteroatoms. The molecule has 0 radical (unpaired) electrons. The van der Waals surface area contributed by atoms with Crippen molar-refractivity contribution in [2.24, 2.45) is 5.92 Å². The average molecular weight is 367 g/mol. The van der Waals surface area contributed by atoms with Gasteiger partial charge < -0.3 is 15.4 Å². The summed E-state index contributed by atoms with van der Waals surface area (Å²) >= 11 is 0.